The molecule has 1 saturated heterocycles. The third-order valence-electron chi connectivity index (χ3n) is 10.8. The van der Waals surface area contributed by atoms with E-state index in [1.807, 2.05) is 18.7 Å². The molecule has 50 heavy (non-hydrogen) atoms. The minimum absolute atomic E-state index is 0.0100. The van der Waals surface area contributed by atoms with Crippen LogP contribution in [0.15, 0.2) is 85.1 Å². The topological polar surface area (TPSA) is 138 Å². The Bertz CT molecular complexity index is 1890. The number of carbonyl (C=O) groups excluding carboxylic acids is 1. The van der Waals surface area contributed by atoms with Crippen molar-refractivity contribution in [2.45, 2.75) is 69.6 Å². The highest BCUT2D eigenvalue weighted by molar-refractivity contribution is 5.90. The van der Waals surface area contributed by atoms with Crippen molar-refractivity contribution < 1.29 is 24.6 Å². The zero-order valence-electron chi connectivity index (χ0n) is 29.1. The second kappa shape index (κ2) is 14.5. The minimum Gasteiger partial charge on any atom is -0.478 e. The zero-order chi connectivity index (χ0) is 35.6. The van der Waals surface area contributed by atoms with Crippen molar-refractivity contribution in [3.05, 3.63) is 118 Å². The molecule has 0 spiro atoms. The molecule has 1 aromatic heterocycles. The van der Waals surface area contributed by atoms with E-state index in [-0.39, 0.29) is 17.6 Å². The minimum atomic E-state index is -1.26. The van der Waals surface area contributed by atoms with E-state index in [0.29, 0.717) is 30.2 Å². The number of benzene rings is 3. The molecule has 1 unspecified atom stereocenters. The van der Waals surface area contributed by atoms with Gasteiger partial charge in [-0.15, -0.1) is 0 Å². The number of piperidine rings is 1. The summed E-state index contributed by atoms with van der Waals surface area (Å²) < 4.78 is 0. The van der Waals surface area contributed by atoms with Gasteiger partial charge in [0.15, 0.2) is 0 Å². The number of likely N-dealkylation sites (tertiary alicyclic amines) is 1. The predicted octanol–water partition coefficient (Wildman–Crippen LogP) is 5.79. The number of aromatic amines is 1. The number of carboxylic acids is 2. The number of fused-ring (bicyclic) bond motifs is 9. The summed E-state index contributed by atoms with van der Waals surface area (Å²) in [6, 6.07) is 25.5. The van der Waals surface area contributed by atoms with Crippen LogP contribution in [0, 0.1) is 0 Å². The van der Waals surface area contributed by atoms with Crippen LogP contribution < -0.4 is 10.6 Å². The molecule has 5 N–H and O–H groups in total. The Hall–Kier alpha value is -4.93. The van der Waals surface area contributed by atoms with Gasteiger partial charge in [0.05, 0.1) is 5.54 Å². The van der Waals surface area contributed by atoms with Crippen molar-refractivity contribution in [1.29, 1.82) is 0 Å². The van der Waals surface area contributed by atoms with Gasteiger partial charge in [0.1, 0.15) is 0 Å². The Labute approximate surface area is 293 Å². The largest absolute Gasteiger partial charge is 0.478 e. The van der Waals surface area contributed by atoms with Crippen molar-refractivity contribution in [2.24, 2.45) is 0 Å². The van der Waals surface area contributed by atoms with E-state index in [4.69, 9.17) is 10.2 Å². The van der Waals surface area contributed by atoms with E-state index in [2.05, 4.69) is 107 Å². The van der Waals surface area contributed by atoms with Crippen LogP contribution in [0.2, 0.25) is 0 Å². The van der Waals surface area contributed by atoms with Gasteiger partial charge in [0.2, 0.25) is 0 Å². The maximum Gasteiger partial charge on any atom is 0.328 e. The first kappa shape index (κ1) is 34.9. The molecule has 2 bridgehead atoms. The number of nitrogens with zero attached hydrogens (tertiary/aromatic N) is 2. The molecular weight excluding hydrogens is 630 g/mol. The number of carboxylic acid groups (broad SMARTS) is 2. The molecule has 8 rings (SSSR count). The summed E-state index contributed by atoms with van der Waals surface area (Å²) in [4.78, 5) is 39.3. The van der Waals surface area contributed by atoms with Gasteiger partial charge >= 0.3 is 18.0 Å². The van der Waals surface area contributed by atoms with Gasteiger partial charge < -0.3 is 30.3 Å². The molecule has 0 saturated carbocycles. The van der Waals surface area contributed by atoms with Crippen molar-refractivity contribution in [3.8, 4) is 0 Å². The Morgan fingerprint density at radius 2 is 1.56 bits per heavy atom. The van der Waals surface area contributed by atoms with Crippen LogP contribution in [0.25, 0.3) is 10.9 Å². The number of aliphatic carboxylic acids is 2. The highest BCUT2D eigenvalue weighted by Crippen LogP contribution is 2.48. The number of hydrogen-bond acceptors (Lipinski definition) is 5. The number of aromatic nitrogens is 1. The second-order valence-corrected chi connectivity index (χ2v) is 13.7. The number of carbonyl (C=O) groups is 3. The Morgan fingerprint density at radius 3 is 2.26 bits per heavy atom. The number of urea groups is 1. The third kappa shape index (κ3) is 6.78. The molecule has 3 aliphatic heterocycles. The average molecular weight is 678 g/mol. The maximum absolute atomic E-state index is 12.5. The van der Waals surface area contributed by atoms with E-state index in [1.165, 1.54) is 44.3 Å². The first-order valence-electron chi connectivity index (χ1n) is 17.5. The molecule has 1 aliphatic carbocycles. The molecular formula is C40H47N5O5. The zero-order valence-corrected chi connectivity index (χ0v) is 29.1. The number of nitrogens with one attached hydrogen (secondary N) is 3. The summed E-state index contributed by atoms with van der Waals surface area (Å²) in [5, 5.41) is 24.1. The van der Waals surface area contributed by atoms with Crippen LogP contribution in [-0.4, -0.2) is 81.7 Å². The number of likely N-dealkylation sites (N-methyl/N-ethyl adjacent to an activating group) is 1. The third-order valence-corrected chi connectivity index (χ3v) is 10.8. The number of H-pyrrole nitrogens is 1. The molecule has 5 atom stereocenters. The summed E-state index contributed by atoms with van der Waals surface area (Å²) in [7, 11) is 2.20. The van der Waals surface area contributed by atoms with E-state index in [0.717, 1.165) is 38.9 Å². The summed E-state index contributed by atoms with van der Waals surface area (Å²) in [5.74, 6) is -2.03. The van der Waals surface area contributed by atoms with Crippen LogP contribution in [0.1, 0.15) is 72.5 Å². The standard InChI is InChI=1S/C20H28N4O.C16H15N.C4H4O4/c1-4-24(5-2)20(25)22-14-10-16-15-7-6-8-17-19(15)13(11-21-17)9-18(16)23(3)12-14;1-16-13-8-4-2-6-11(13)10-15(17-16)12-7-3-5-9-14(12)16;5-3(6)1-2-4(7)8/h6-8,11,14,16,18,21H,4-5,9-10,12H2,1-3H3,(H,22,25);2-9,15,17H,10H2,1H3;1-2H,(H,5,6)(H,7,8)/b;;2-1-/t14-,16+,18+;15?,16-;/m01./s1. The van der Waals surface area contributed by atoms with E-state index < -0.39 is 11.9 Å². The Kier molecular flexibility index (Phi) is 10.1. The summed E-state index contributed by atoms with van der Waals surface area (Å²) in [6.07, 6.45) is 6.51. The first-order chi connectivity index (χ1) is 24.0. The molecule has 10 heteroatoms. The van der Waals surface area contributed by atoms with Crippen LogP contribution in [0.4, 0.5) is 4.79 Å². The highest BCUT2D eigenvalue weighted by atomic mass is 16.4. The highest BCUT2D eigenvalue weighted by Gasteiger charge is 2.45. The Balaban J connectivity index is 0.000000149. The Morgan fingerprint density at radius 1 is 0.900 bits per heavy atom. The lowest BCUT2D eigenvalue weighted by atomic mass is 9.74. The van der Waals surface area contributed by atoms with E-state index in [9.17, 15) is 14.4 Å². The fourth-order valence-corrected chi connectivity index (χ4v) is 8.52. The lowest BCUT2D eigenvalue weighted by Gasteiger charge is -2.45. The van der Waals surface area contributed by atoms with E-state index in [1.54, 1.807) is 0 Å². The smallest absolute Gasteiger partial charge is 0.328 e. The van der Waals surface area contributed by atoms with Crippen molar-refractivity contribution >= 4 is 28.9 Å². The number of hydrogen-bond donors (Lipinski definition) is 5. The predicted molar refractivity (Wildman–Crippen MR) is 194 cm³/mol. The number of rotatable bonds is 5. The average Bonchev–Trinajstić information content (AvgIpc) is 3.62. The van der Waals surface area contributed by atoms with Crippen LogP contribution >= 0.6 is 0 Å². The summed E-state index contributed by atoms with van der Waals surface area (Å²) in [6.45, 7) is 8.79. The first-order valence-corrected chi connectivity index (χ1v) is 17.5. The van der Waals surface area contributed by atoms with Gasteiger partial charge in [0.25, 0.3) is 0 Å². The summed E-state index contributed by atoms with van der Waals surface area (Å²) in [5.41, 5.74) is 10.00. The quantitative estimate of drug-likeness (QED) is 0.169. The second-order valence-electron chi connectivity index (χ2n) is 13.7. The molecule has 0 radical (unpaired) electrons. The molecule has 262 valence electrons. The van der Waals surface area contributed by atoms with Crippen molar-refractivity contribution in [1.82, 2.24) is 25.4 Å². The lowest BCUT2D eigenvalue weighted by molar-refractivity contribution is -0.134. The number of amides is 2. The molecule has 3 aromatic carbocycles. The van der Waals surface area contributed by atoms with Gasteiger partial charge in [-0.25, -0.2) is 14.4 Å². The molecule has 10 nitrogen and oxygen atoms in total. The fraction of sp³-hybridized carbons (Fsp3) is 0.375. The van der Waals surface area contributed by atoms with Crippen LogP contribution in [0.3, 0.4) is 0 Å². The van der Waals surface area contributed by atoms with E-state index >= 15 is 0 Å². The van der Waals surface area contributed by atoms with Crippen molar-refractivity contribution in [3.63, 3.8) is 0 Å². The normalized spacial score (nSPS) is 24.1. The van der Waals surface area contributed by atoms with Crippen LogP contribution in [0.5, 0.6) is 0 Å². The van der Waals surface area contributed by atoms with Gasteiger partial charge in [-0.05, 0) is 86.5 Å². The van der Waals surface area contributed by atoms with Gasteiger partial charge in [-0.3, -0.25) is 5.32 Å². The maximum atomic E-state index is 12.5. The summed E-state index contributed by atoms with van der Waals surface area (Å²) >= 11 is 0. The van der Waals surface area contributed by atoms with Crippen LogP contribution in [-0.2, 0) is 28.0 Å². The lowest BCUT2D eigenvalue weighted by Crippen LogP contribution is -2.56. The molecule has 4 aliphatic rings. The van der Waals surface area contributed by atoms with Gasteiger partial charge in [-0.2, -0.15) is 0 Å². The molecule has 4 heterocycles. The van der Waals surface area contributed by atoms with Gasteiger partial charge in [-0.1, -0.05) is 60.7 Å². The molecule has 2 amide bonds. The molecule has 1 fully saturated rings. The fourth-order valence-electron chi connectivity index (χ4n) is 8.52. The SMILES string of the molecule is CCN(CC)C(=O)N[C@H]1C[C@@H]2c3cccc4[nH]cc(c34)C[C@H]2N(C)C1.C[C@@]12NC(Cc3ccccc31)c1ccccc12.O=C(O)/C=C\C(=O)O. The van der Waals surface area contributed by atoms with Crippen molar-refractivity contribution in [2.75, 3.05) is 26.7 Å². The molecule has 4 aromatic rings. The van der Waals surface area contributed by atoms with Gasteiger partial charge in [0, 0.05) is 72.9 Å². The monoisotopic (exact) mass is 677 g/mol.